The smallest absolute Gasteiger partial charge is 0.138 e. The fourth-order valence-electron chi connectivity index (χ4n) is 1.16. The fraction of sp³-hybridized carbons (Fsp3) is 0.500. The molecule has 1 aromatic heterocycles. The largest absolute Gasteiger partial charge is 0.320 e. The van der Waals surface area contributed by atoms with Crippen LogP contribution in [-0.4, -0.2) is 19.4 Å². The Morgan fingerprint density at radius 3 is 3.08 bits per heavy atom. The Labute approximate surface area is 83.0 Å². The zero-order valence-electron chi connectivity index (χ0n) is 7.88. The van der Waals surface area contributed by atoms with E-state index in [1.54, 1.807) is 11.3 Å². The highest BCUT2D eigenvalue weighted by Crippen LogP contribution is 2.10. The van der Waals surface area contributed by atoms with E-state index in [1.165, 1.54) is 4.88 Å². The van der Waals surface area contributed by atoms with E-state index in [0.717, 1.165) is 13.0 Å². The molecule has 72 valence electrons. The van der Waals surface area contributed by atoms with Crippen LogP contribution in [0.1, 0.15) is 17.7 Å². The predicted molar refractivity (Wildman–Crippen MR) is 56.2 cm³/mol. The predicted octanol–water partition coefficient (Wildman–Crippen LogP) is 1.86. The Kier molecular flexibility index (Phi) is 4.72. The third-order valence-corrected chi connectivity index (χ3v) is 2.71. The van der Waals surface area contributed by atoms with Crippen LogP contribution in [0.25, 0.3) is 0 Å². The van der Waals surface area contributed by atoms with Crippen molar-refractivity contribution in [3.8, 4) is 0 Å². The summed E-state index contributed by atoms with van der Waals surface area (Å²) in [5.41, 5.74) is 0. The normalized spacial score (nSPS) is 10.2. The van der Waals surface area contributed by atoms with Gasteiger partial charge in [-0.05, 0) is 31.5 Å². The van der Waals surface area contributed by atoms with Gasteiger partial charge in [-0.2, -0.15) is 0 Å². The molecular formula is C10H15NOS. The second kappa shape index (κ2) is 5.89. The van der Waals surface area contributed by atoms with Crippen molar-refractivity contribution in [2.24, 2.45) is 0 Å². The van der Waals surface area contributed by atoms with Gasteiger partial charge >= 0.3 is 0 Å². The summed E-state index contributed by atoms with van der Waals surface area (Å²) in [5, 5.41) is 5.04. The van der Waals surface area contributed by atoms with Gasteiger partial charge in [0, 0.05) is 17.7 Å². The molecule has 1 aromatic rings. The lowest BCUT2D eigenvalue weighted by molar-refractivity contribution is -0.118. The van der Waals surface area contributed by atoms with Crippen LogP contribution in [0.5, 0.6) is 0 Å². The van der Waals surface area contributed by atoms with Crippen molar-refractivity contribution >= 4 is 17.1 Å². The summed E-state index contributed by atoms with van der Waals surface area (Å²) in [7, 11) is 1.91. The zero-order chi connectivity index (χ0) is 9.52. The van der Waals surface area contributed by atoms with E-state index in [2.05, 4.69) is 5.32 Å². The van der Waals surface area contributed by atoms with Crippen LogP contribution in [0.15, 0.2) is 17.5 Å². The molecule has 0 spiro atoms. The van der Waals surface area contributed by atoms with Crippen LogP contribution in [0.3, 0.4) is 0 Å². The van der Waals surface area contributed by atoms with Gasteiger partial charge in [0.1, 0.15) is 5.78 Å². The van der Waals surface area contributed by atoms with E-state index in [4.69, 9.17) is 0 Å². The molecule has 1 rings (SSSR count). The Morgan fingerprint density at radius 1 is 1.62 bits per heavy atom. The number of nitrogens with one attached hydrogen (secondary N) is 1. The molecule has 13 heavy (non-hydrogen) atoms. The minimum Gasteiger partial charge on any atom is -0.320 e. The number of ketones is 1. The van der Waals surface area contributed by atoms with Crippen molar-refractivity contribution in [3.63, 3.8) is 0 Å². The summed E-state index contributed by atoms with van der Waals surface area (Å²) < 4.78 is 0. The summed E-state index contributed by atoms with van der Waals surface area (Å²) in [6, 6.07) is 4.00. The van der Waals surface area contributed by atoms with Gasteiger partial charge in [-0.1, -0.05) is 6.07 Å². The molecule has 1 heterocycles. The number of hydrogen-bond donors (Lipinski definition) is 1. The van der Waals surface area contributed by atoms with Crippen LogP contribution in [0.4, 0.5) is 0 Å². The second-order valence-corrected chi connectivity index (χ2v) is 4.03. The van der Waals surface area contributed by atoms with Crippen molar-refractivity contribution < 1.29 is 4.79 Å². The van der Waals surface area contributed by atoms with Gasteiger partial charge in [0.2, 0.25) is 0 Å². The summed E-state index contributed by atoms with van der Waals surface area (Å²) in [5.74, 6) is 0.345. The SMILES string of the molecule is CNCCCC(=O)Cc1cccs1. The third-order valence-electron chi connectivity index (χ3n) is 1.83. The Balaban J connectivity index is 2.18. The Bertz CT molecular complexity index is 243. The number of Topliss-reactive ketones (excluding diaryl/α,β-unsaturated/α-hetero) is 1. The first-order chi connectivity index (χ1) is 6.33. The number of rotatable bonds is 6. The maximum Gasteiger partial charge on any atom is 0.138 e. The third kappa shape index (κ3) is 4.20. The van der Waals surface area contributed by atoms with Crippen LogP contribution < -0.4 is 5.32 Å². The van der Waals surface area contributed by atoms with Gasteiger partial charge in [0.05, 0.1) is 0 Å². The highest BCUT2D eigenvalue weighted by atomic mass is 32.1. The van der Waals surface area contributed by atoms with E-state index < -0.39 is 0 Å². The first kappa shape index (κ1) is 10.4. The first-order valence-corrected chi connectivity index (χ1v) is 5.39. The molecule has 0 unspecified atom stereocenters. The molecule has 0 amide bonds. The van der Waals surface area contributed by atoms with E-state index >= 15 is 0 Å². The van der Waals surface area contributed by atoms with E-state index in [0.29, 0.717) is 18.6 Å². The average molecular weight is 197 g/mol. The molecule has 0 aliphatic carbocycles. The Hall–Kier alpha value is -0.670. The van der Waals surface area contributed by atoms with Crippen LogP contribution >= 0.6 is 11.3 Å². The highest BCUT2D eigenvalue weighted by Gasteiger charge is 2.03. The Morgan fingerprint density at radius 2 is 2.46 bits per heavy atom. The van der Waals surface area contributed by atoms with Gasteiger partial charge < -0.3 is 5.32 Å². The molecule has 0 saturated carbocycles. The molecule has 2 nitrogen and oxygen atoms in total. The van der Waals surface area contributed by atoms with Crippen molar-refractivity contribution in [1.29, 1.82) is 0 Å². The lowest BCUT2D eigenvalue weighted by Gasteiger charge is -1.98. The number of hydrogen-bond acceptors (Lipinski definition) is 3. The molecule has 3 heteroatoms. The molecule has 0 fully saturated rings. The van der Waals surface area contributed by atoms with Gasteiger partial charge in [-0.25, -0.2) is 0 Å². The molecule has 1 N–H and O–H groups in total. The average Bonchev–Trinajstić information content (AvgIpc) is 2.57. The van der Waals surface area contributed by atoms with E-state index in [9.17, 15) is 4.79 Å². The number of carbonyl (C=O) groups excluding carboxylic acids is 1. The highest BCUT2D eigenvalue weighted by molar-refractivity contribution is 7.10. The maximum atomic E-state index is 11.4. The van der Waals surface area contributed by atoms with Gasteiger partial charge in [0.25, 0.3) is 0 Å². The molecule has 0 radical (unpaired) electrons. The molecule has 0 aliphatic heterocycles. The number of carbonyl (C=O) groups is 1. The maximum absolute atomic E-state index is 11.4. The minimum absolute atomic E-state index is 0.345. The summed E-state index contributed by atoms with van der Waals surface area (Å²) in [6.07, 6.45) is 2.25. The van der Waals surface area contributed by atoms with E-state index in [-0.39, 0.29) is 0 Å². The molecular weight excluding hydrogens is 182 g/mol. The molecule has 0 aliphatic rings. The van der Waals surface area contributed by atoms with Gasteiger partial charge in [-0.3, -0.25) is 4.79 Å². The lowest BCUT2D eigenvalue weighted by Crippen LogP contribution is -2.10. The van der Waals surface area contributed by atoms with Crippen LogP contribution in [-0.2, 0) is 11.2 Å². The van der Waals surface area contributed by atoms with Crippen LogP contribution in [0.2, 0.25) is 0 Å². The minimum atomic E-state index is 0.345. The van der Waals surface area contributed by atoms with Crippen molar-refractivity contribution in [2.75, 3.05) is 13.6 Å². The first-order valence-electron chi connectivity index (χ1n) is 4.51. The van der Waals surface area contributed by atoms with Crippen molar-refractivity contribution in [2.45, 2.75) is 19.3 Å². The summed E-state index contributed by atoms with van der Waals surface area (Å²) in [4.78, 5) is 12.5. The lowest BCUT2D eigenvalue weighted by atomic mass is 10.1. The molecule has 0 atom stereocenters. The quantitative estimate of drug-likeness (QED) is 0.705. The standard InChI is InChI=1S/C10H15NOS/c1-11-6-2-4-9(12)8-10-5-3-7-13-10/h3,5,7,11H,2,4,6,8H2,1H3. The second-order valence-electron chi connectivity index (χ2n) is 3.00. The monoisotopic (exact) mass is 197 g/mol. The van der Waals surface area contributed by atoms with Crippen LogP contribution in [0, 0.1) is 0 Å². The summed E-state index contributed by atoms with van der Waals surface area (Å²) in [6.45, 7) is 0.927. The molecule has 0 bridgehead atoms. The summed E-state index contributed by atoms with van der Waals surface area (Å²) >= 11 is 1.65. The van der Waals surface area contributed by atoms with Gasteiger partial charge in [0.15, 0.2) is 0 Å². The van der Waals surface area contributed by atoms with E-state index in [1.807, 2.05) is 24.6 Å². The zero-order valence-corrected chi connectivity index (χ0v) is 8.69. The molecule has 0 saturated heterocycles. The molecule has 0 aromatic carbocycles. The van der Waals surface area contributed by atoms with Crippen molar-refractivity contribution in [3.05, 3.63) is 22.4 Å². The van der Waals surface area contributed by atoms with Crippen molar-refractivity contribution in [1.82, 2.24) is 5.32 Å². The topological polar surface area (TPSA) is 29.1 Å². The number of thiophene rings is 1. The fourth-order valence-corrected chi connectivity index (χ4v) is 1.89. The van der Waals surface area contributed by atoms with Gasteiger partial charge in [-0.15, -0.1) is 11.3 Å².